The normalized spacial score (nSPS) is 16.0. The van der Waals surface area contributed by atoms with Crippen molar-refractivity contribution in [2.45, 2.75) is 19.3 Å². The Morgan fingerprint density at radius 2 is 2.00 bits per heavy atom. The van der Waals surface area contributed by atoms with Gasteiger partial charge in [-0.1, -0.05) is 30.3 Å². The maximum Gasteiger partial charge on any atom is 0.336 e. The molecule has 1 aliphatic rings. The molecule has 0 fully saturated rings. The van der Waals surface area contributed by atoms with Crippen molar-refractivity contribution in [1.82, 2.24) is 0 Å². The molecule has 1 atom stereocenters. The molecule has 3 rings (SSSR count). The molecule has 0 amide bonds. The largest absolute Gasteiger partial charge is 0.486 e. The van der Waals surface area contributed by atoms with Gasteiger partial charge in [0.2, 0.25) is 0 Å². The highest BCUT2D eigenvalue weighted by Gasteiger charge is 2.24. The molecule has 126 valence electrons. The number of benzene rings is 2. The summed E-state index contributed by atoms with van der Waals surface area (Å²) >= 11 is 0. The number of carbonyl (C=O) groups is 1. The first kappa shape index (κ1) is 16.3. The van der Waals surface area contributed by atoms with Crippen LogP contribution in [0.5, 0.6) is 11.5 Å². The van der Waals surface area contributed by atoms with Crippen LogP contribution in [0.3, 0.4) is 0 Å². The van der Waals surface area contributed by atoms with Gasteiger partial charge in [0, 0.05) is 0 Å². The van der Waals surface area contributed by atoms with Gasteiger partial charge in [-0.25, -0.2) is 4.79 Å². The van der Waals surface area contributed by atoms with E-state index in [9.17, 15) is 9.90 Å². The summed E-state index contributed by atoms with van der Waals surface area (Å²) in [6, 6.07) is 12.7. The SMILES string of the molecule is O=C(O)c1cc2c(cc1CO)OC(COCc1ccccc1)CO2. The predicted molar refractivity (Wildman–Crippen MR) is 85.3 cm³/mol. The summed E-state index contributed by atoms with van der Waals surface area (Å²) in [7, 11) is 0. The van der Waals surface area contributed by atoms with E-state index in [1.807, 2.05) is 30.3 Å². The van der Waals surface area contributed by atoms with Crippen LogP contribution >= 0.6 is 0 Å². The molecular formula is C18H18O6. The molecule has 0 spiro atoms. The molecule has 1 unspecified atom stereocenters. The van der Waals surface area contributed by atoms with Gasteiger partial charge in [0.05, 0.1) is 25.4 Å². The highest BCUT2D eigenvalue weighted by atomic mass is 16.6. The van der Waals surface area contributed by atoms with Gasteiger partial charge < -0.3 is 24.4 Å². The van der Waals surface area contributed by atoms with Gasteiger partial charge >= 0.3 is 5.97 Å². The zero-order valence-electron chi connectivity index (χ0n) is 13.0. The molecule has 24 heavy (non-hydrogen) atoms. The second-order valence-electron chi connectivity index (χ2n) is 5.47. The predicted octanol–water partition coefficient (Wildman–Crippen LogP) is 2.23. The second kappa shape index (κ2) is 7.33. The zero-order chi connectivity index (χ0) is 16.9. The van der Waals surface area contributed by atoms with Crippen LogP contribution in [0.4, 0.5) is 0 Å². The van der Waals surface area contributed by atoms with Crippen LogP contribution in [-0.4, -0.2) is 35.5 Å². The maximum atomic E-state index is 11.2. The number of aliphatic hydroxyl groups excluding tert-OH is 1. The minimum Gasteiger partial charge on any atom is -0.486 e. The average Bonchev–Trinajstić information content (AvgIpc) is 2.61. The van der Waals surface area contributed by atoms with E-state index in [1.165, 1.54) is 12.1 Å². The van der Waals surface area contributed by atoms with Crippen molar-refractivity contribution in [2.75, 3.05) is 13.2 Å². The van der Waals surface area contributed by atoms with Crippen LogP contribution in [0.2, 0.25) is 0 Å². The number of carboxylic acid groups (broad SMARTS) is 1. The molecular weight excluding hydrogens is 312 g/mol. The van der Waals surface area contributed by atoms with Gasteiger partial charge in [0.1, 0.15) is 6.61 Å². The summed E-state index contributed by atoms with van der Waals surface area (Å²) in [6.07, 6.45) is -0.288. The van der Waals surface area contributed by atoms with Gasteiger partial charge in [-0.3, -0.25) is 0 Å². The molecule has 0 aromatic heterocycles. The van der Waals surface area contributed by atoms with E-state index < -0.39 is 5.97 Å². The third kappa shape index (κ3) is 3.67. The Hall–Kier alpha value is -2.57. The number of hydrogen-bond acceptors (Lipinski definition) is 5. The second-order valence-corrected chi connectivity index (χ2v) is 5.47. The first-order valence-electron chi connectivity index (χ1n) is 7.59. The molecule has 2 aromatic carbocycles. The Morgan fingerprint density at radius 3 is 2.71 bits per heavy atom. The van der Waals surface area contributed by atoms with Crippen LogP contribution < -0.4 is 9.47 Å². The molecule has 0 radical (unpaired) electrons. The number of aromatic carboxylic acids is 1. The van der Waals surface area contributed by atoms with Gasteiger partial charge in [-0.05, 0) is 23.3 Å². The Bertz CT molecular complexity index is 713. The zero-order valence-corrected chi connectivity index (χ0v) is 13.0. The number of aliphatic hydroxyl groups is 1. The fourth-order valence-electron chi connectivity index (χ4n) is 2.50. The van der Waals surface area contributed by atoms with Crippen molar-refractivity contribution >= 4 is 5.97 Å². The van der Waals surface area contributed by atoms with E-state index >= 15 is 0 Å². The highest BCUT2D eigenvalue weighted by Crippen LogP contribution is 2.35. The molecule has 0 bridgehead atoms. The topological polar surface area (TPSA) is 85.2 Å². The Balaban J connectivity index is 1.62. The summed E-state index contributed by atoms with van der Waals surface area (Å²) in [6.45, 7) is 0.726. The lowest BCUT2D eigenvalue weighted by atomic mass is 10.1. The third-order valence-corrected chi connectivity index (χ3v) is 3.70. The summed E-state index contributed by atoms with van der Waals surface area (Å²) < 4.78 is 17.0. The standard InChI is InChI=1S/C18H18O6/c19-8-13-6-17-16(7-15(13)18(20)21)23-11-14(24-17)10-22-9-12-4-2-1-3-5-12/h1-7,14,19H,8-11H2,(H,20,21). The minimum atomic E-state index is -1.11. The molecule has 1 heterocycles. The van der Waals surface area contributed by atoms with Crippen molar-refractivity contribution in [3.05, 3.63) is 59.2 Å². The minimum absolute atomic E-state index is 0.0126. The molecule has 0 saturated carbocycles. The number of ether oxygens (including phenoxy) is 3. The van der Waals surface area contributed by atoms with E-state index in [0.29, 0.717) is 24.7 Å². The molecule has 2 aromatic rings. The number of fused-ring (bicyclic) bond motifs is 1. The summed E-state index contributed by atoms with van der Waals surface area (Å²) in [5.41, 5.74) is 1.37. The number of hydrogen-bond donors (Lipinski definition) is 2. The monoisotopic (exact) mass is 330 g/mol. The molecule has 6 nitrogen and oxygen atoms in total. The Labute approximate surface area is 139 Å². The van der Waals surface area contributed by atoms with E-state index in [1.54, 1.807) is 0 Å². The van der Waals surface area contributed by atoms with Crippen LogP contribution in [0.15, 0.2) is 42.5 Å². The van der Waals surface area contributed by atoms with E-state index in [4.69, 9.17) is 19.3 Å². The van der Waals surface area contributed by atoms with Crippen molar-refractivity contribution in [2.24, 2.45) is 0 Å². The van der Waals surface area contributed by atoms with Crippen LogP contribution in [0.25, 0.3) is 0 Å². The summed E-state index contributed by atoms with van der Waals surface area (Å²) in [5.74, 6) is -0.328. The van der Waals surface area contributed by atoms with Gasteiger partial charge in [-0.15, -0.1) is 0 Å². The first-order valence-corrected chi connectivity index (χ1v) is 7.59. The smallest absolute Gasteiger partial charge is 0.336 e. The fraction of sp³-hybridized carbons (Fsp3) is 0.278. The van der Waals surface area contributed by atoms with Crippen LogP contribution in [0, 0.1) is 0 Å². The number of rotatable bonds is 6. The van der Waals surface area contributed by atoms with Crippen molar-refractivity contribution in [1.29, 1.82) is 0 Å². The lowest BCUT2D eigenvalue weighted by molar-refractivity contribution is 0.00252. The number of carboxylic acids is 1. The van der Waals surface area contributed by atoms with Crippen molar-refractivity contribution in [3.63, 3.8) is 0 Å². The van der Waals surface area contributed by atoms with E-state index in [2.05, 4.69) is 0 Å². The summed E-state index contributed by atoms with van der Waals surface area (Å²) in [5, 5.41) is 18.5. The molecule has 0 saturated heterocycles. The fourth-order valence-corrected chi connectivity index (χ4v) is 2.50. The molecule has 6 heteroatoms. The molecule has 0 aliphatic carbocycles. The lowest BCUT2D eigenvalue weighted by Gasteiger charge is -2.27. The van der Waals surface area contributed by atoms with Gasteiger partial charge in [0.15, 0.2) is 17.6 Å². The Kier molecular flexibility index (Phi) is 4.98. The highest BCUT2D eigenvalue weighted by molar-refractivity contribution is 5.90. The van der Waals surface area contributed by atoms with Gasteiger partial charge in [-0.2, -0.15) is 0 Å². The molecule has 2 N–H and O–H groups in total. The lowest BCUT2D eigenvalue weighted by Crippen LogP contribution is -2.33. The third-order valence-electron chi connectivity index (χ3n) is 3.70. The molecule has 1 aliphatic heterocycles. The maximum absolute atomic E-state index is 11.2. The van der Waals surface area contributed by atoms with Crippen molar-refractivity contribution in [3.8, 4) is 11.5 Å². The first-order chi connectivity index (χ1) is 11.7. The average molecular weight is 330 g/mol. The van der Waals surface area contributed by atoms with Crippen molar-refractivity contribution < 1.29 is 29.2 Å². The van der Waals surface area contributed by atoms with Crippen LogP contribution in [-0.2, 0) is 18.0 Å². The van der Waals surface area contributed by atoms with Crippen LogP contribution in [0.1, 0.15) is 21.5 Å². The quantitative estimate of drug-likeness (QED) is 0.845. The van der Waals surface area contributed by atoms with Gasteiger partial charge in [0.25, 0.3) is 0 Å². The van der Waals surface area contributed by atoms with E-state index in [0.717, 1.165) is 5.56 Å². The van der Waals surface area contributed by atoms with E-state index in [-0.39, 0.29) is 30.4 Å². The summed E-state index contributed by atoms with van der Waals surface area (Å²) in [4.78, 5) is 11.2. The Morgan fingerprint density at radius 1 is 1.21 bits per heavy atom.